The molecule has 0 saturated heterocycles. The number of fused-ring (bicyclic) bond motifs is 2. The Morgan fingerprint density at radius 3 is 0.800 bits per heavy atom. The molecule has 7 aromatic rings. The molecule has 0 N–H and O–H groups in total. The minimum absolute atomic E-state index is 0.955. The molecule has 0 aliphatic rings. The highest BCUT2D eigenvalue weighted by Crippen LogP contribution is 2.50. The standard InChI is InChI=1S/C48H48N2/c1-9-41-43-31(3)33(5)48(50(39-27-19-13-20-28-39)40-29-21-14-22-30-40)36(8)46(43)42(10-2)44-32(4)34(6)47(35(7)45(41)44)49(37-23-15-11-16-24-37)38-25-17-12-18-26-38/h11-30H,9-10H2,1-8H3. The molecule has 50 heavy (non-hydrogen) atoms. The summed E-state index contributed by atoms with van der Waals surface area (Å²) >= 11 is 0. The maximum absolute atomic E-state index is 2.47. The van der Waals surface area contributed by atoms with E-state index in [1.165, 1.54) is 100 Å². The molecular weight excluding hydrogens is 605 g/mol. The highest BCUT2D eigenvalue weighted by molar-refractivity contribution is 6.14. The maximum atomic E-state index is 2.47. The molecule has 0 amide bonds. The predicted octanol–water partition coefficient (Wildman–Crippen LogP) is 13.9. The third-order valence-electron chi connectivity index (χ3n) is 11.0. The Kier molecular flexibility index (Phi) is 8.97. The molecule has 0 spiro atoms. The number of hydrogen-bond acceptors (Lipinski definition) is 2. The fraction of sp³-hybridized carbons (Fsp3) is 0.208. The lowest BCUT2D eigenvalue weighted by Crippen LogP contribution is -2.16. The van der Waals surface area contributed by atoms with Gasteiger partial charge in [-0.05, 0) is 169 Å². The van der Waals surface area contributed by atoms with Gasteiger partial charge >= 0.3 is 0 Å². The molecule has 2 nitrogen and oxygen atoms in total. The van der Waals surface area contributed by atoms with Gasteiger partial charge in [0, 0.05) is 22.7 Å². The maximum Gasteiger partial charge on any atom is 0.0529 e. The molecule has 0 fully saturated rings. The van der Waals surface area contributed by atoms with Crippen LogP contribution in [-0.4, -0.2) is 0 Å². The first kappa shape index (κ1) is 33.2. The van der Waals surface area contributed by atoms with E-state index in [1.807, 2.05) is 0 Å². The van der Waals surface area contributed by atoms with Gasteiger partial charge in [0.1, 0.15) is 0 Å². The lowest BCUT2D eigenvalue weighted by Gasteiger charge is -2.34. The lowest BCUT2D eigenvalue weighted by molar-refractivity contribution is 1.12. The Morgan fingerprint density at radius 1 is 0.320 bits per heavy atom. The van der Waals surface area contributed by atoms with Gasteiger partial charge in [-0.25, -0.2) is 0 Å². The number of anilines is 6. The van der Waals surface area contributed by atoms with Crippen LogP contribution in [0.3, 0.4) is 0 Å². The predicted molar refractivity (Wildman–Crippen MR) is 218 cm³/mol. The van der Waals surface area contributed by atoms with E-state index < -0.39 is 0 Å². The lowest BCUT2D eigenvalue weighted by atomic mass is 9.79. The van der Waals surface area contributed by atoms with Crippen LogP contribution in [0.15, 0.2) is 121 Å². The quantitative estimate of drug-likeness (QED) is 0.151. The Hall–Kier alpha value is -5.34. The summed E-state index contributed by atoms with van der Waals surface area (Å²) in [5.74, 6) is 0. The molecule has 0 bridgehead atoms. The van der Waals surface area contributed by atoms with Crippen molar-refractivity contribution in [3.05, 3.63) is 166 Å². The Balaban J connectivity index is 1.63. The molecule has 0 radical (unpaired) electrons. The third kappa shape index (κ3) is 5.26. The molecule has 0 aliphatic carbocycles. The molecular formula is C48H48N2. The van der Waals surface area contributed by atoms with Gasteiger partial charge in [-0.1, -0.05) is 86.6 Å². The minimum atomic E-state index is 0.955. The fourth-order valence-corrected chi connectivity index (χ4v) is 8.54. The van der Waals surface area contributed by atoms with Gasteiger partial charge in [-0.15, -0.1) is 0 Å². The second kappa shape index (κ2) is 13.5. The van der Waals surface area contributed by atoms with Crippen molar-refractivity contribution in [2.75, 3.05) is 9.80 Å². The van der Waals surface area contributed by atoms with E-state index in [4.69, 9.17) is 0 Å². The number of hydrogen-bond donors (Lipinski definition) is 0. The summed E-state index contributed by atoms with van der Waals surface area (Å²) in [5.41, 5.74) is 18.3. The third-order valence-corrected chi connectivity index (χ3v) is 11.0. The van der Waals surface area contributed by atoms with Crippen molar-refractivity contribution in [1.82, 2.24) is 0 Å². The monoisotopic (exact) mass is 652 g/mol. The van der Waals surface area contributed by atoms with Crippen LogP contribution in [-0.2, 0) is 12.8 Å². The van der Waals surface area contributed by atoms with Gasteiger partial charge in [-0.3, -0.25) is 0 Å². The number of para-hydroxylation sites is 4. The second-order valence-corrected chi connectivity index (χ2v) is 13.6. The van der Waals surface area contributed by atoms with Crippen molar-refractivity contribution < 1.29 is 0 Å². The largest absolute Gasteiger partial charge is 0.310 e. The molecule has 250 valence electrons. The van der Waals surface area contributed by atoms with E-state index in [9.17, 15) is 0 Å². The van der Waals surface area contributed by atoms with E-state index in [-0.39, 0.29) is 0 Å². The van der Waals surface area contributed by atoms with Crippen LogP contribution in [0.2, 0.25) is 0 Å². The van der Waals surface area contributed by atoms with Crippen LogP contribution in [0.25, 0.3) is 21.5 Å². The Labute approximate surface area is 298 Å². The van der Waals surface area contributed by atoms with Crippen molar-refractivity contribution in [2.45, 2.75) is 68.2 Å². The first-order valence-corrected chi connectivity index (χ1v) is 18.1. The number of aryl methyl sites for hydroxylation is 6. The minimum Gasteiger partial charge on any atom is -0.310 e. The van der Waals surface area contributed by atoms with Crippen molar-refractivity contribution in [2.24, 2.45) is 0 Å². The van der Waals surface area contributed by atoms with Gasteiger partial charge in [0.15, 0.2) is 0 Å². The van der Waals surface area contributed by atoms with Gasteiger partial charge in [-0.2, -0.15) is 0 Å². The zero-order valence-electron chi connectivity index (χ0n) is 30.9. The zero-order chi connectivity index (χ0) is 35.1. The first-order valence-electron chi connectivity index (χ1n) is 18.1. The van der Waals surface area contributed by atoms with E-state index in [1.54, 1.807) is 0 Å². The topological polar surface area (TPSA) is 6.48 Å². The molecule has 0 saturated carbocycles. The van der Waals surface area contributed by atoms with Crippen LogP contribution >= 0.6 is 0 Å². The molecule has 0 heterocycles. The van der Waals surface area contributed by atoms with Gasteiger partial charge in [0.25, 0.3) is 0 Å². The van der Waals surface area contributed by atoms with E-state index in [0.717, 1.165) is 12.8 Å². The Bertz CT molecular complexity index is 2080. The number of benzene rings is 7. The molecule has 7 rings (SSSR count). The van der Waals surface area contributed by atoms with E-state index in [0.29, 0.717) is 0 Å². The summed E-state index contributed by atoms with van der Waals surface area (Å²) in [6.45, 7) is 18.8. The normalized spacial score (nSPS) is 11.4. The summed E-state index contributed by atoms with van der Waals surface area (Å²) in [7, 11) is 0. The fourth-order valence-electron chi connectivity index (χ4n) is 8.54. The smallest absolute Gasteiger partial charge is 0.0529 e. The van der Waals surface area contributed by atoms with Crippen LogP contribution < -0.4 is 9.80 Å². The summed E-state index contributed by atoms with van der Waals surface area (Å²) in [5, 5.41) is 5.70. The molecule has 0 unspecified atom stereocenters. The summed E-state index contributed by atoms with van der Waals surface area (Å²) in [6.07, 6.45) is 1.91. The van der Waals surface area contributed by atoms with Crippen molar-refractivity contribution in [3.63, 3.8) is 0 Å². The SMILES string of the molecule is CCc1c2c(C)c(C)c(N(c3ccccc3)c3ccccc3)c(C)c2c(CC)c2c(C)c(C)c(N(c3ccccc3)c3ccccc3)c(C)c12. The van der Waals surface area contributed by atoms with Gasteiger partial charge in [0.2, 0.25) is 0 Å². The molecule has 0 atom stereocenters. The van der Waals surface area contributed by atoms with Crippen LogP contribution in [0.1, 0.15) is 58.4 Å². The average molecular weight is 653 g/mol. The van der Waals surface area contributed by atoms with Gasteiger partial charge < -0.3 is 9.80 Å². The summed E-state index contributed by atoms with van der Waals surface area (Å²) < 4.78 is 0. The molecule has 7 aromatic carbocycles. The van der Waals surface area contributed by atoms with Crippen molar-refractivity contribution in [1.29, 1.82) is 0 Å². The van der Waals surface area contributed by atoms with Crippen molar-refractivity contribution >= 4 is 55.7 Å². The molecule has 0 aliphatic heterocycles. The number of nitrogens with zero attached hydrogens (tertiary/aromatic N) is 2. The average Bonchev–Trinajstić information content (AvgIpc) is 3.16. The van der Waals surface area contributed by atoms with Crippen LogP contribution in [0, 0.1) is 41.5 Å². The zero-order valence-corrected chi connectivity index (χ0v) is 30.9. The summed E-state index contributed by atoms with van der Waals surface area (Å²) in [6, 6.07) is 43.4. The summed E-state index contributed by atoms with van der Waals surface area (Å²) in [4.78, 5) is 4.94. The number of rotatable bonds is 8. The van der Waals surface area contributed by atoms with Crippen LogP contribution in [0.5, 0.6) is 0 Å². The van der Waals surface area contributed by atoms with E-state index >= 15 is 0 Å². The highest BCUT2D eigenvalue weighted by atomic mass is 15.2. The van der Waals surface area contributed by atoms with Gasteiger partial charge in [0.05, 0.1) is 11.4 Å². The molecule has 0 aromatic heterocycles. The van der Waals surface area contributed by atoms with Crippen molar-refractivity contribution in [3.8, 4) is 0 Å². The second-order valence-electron chi connectivity index (χ2n) is 13.6. The molecule has 2 heteroatoms. The van der Waals surface area contributed by atoms with Crippen LogP contribution in [0.4, 0.5) is 34.1 Å². The first-order chi connectivity index (χ1) is 24.3. The van der Waals surface area contributed by atoms with E-state index in [2.05, 4.69) is 187 Å². The Morgan fingerprint density at radius 2 is 0.560 bits per heavy atom. The highest BCUT2D eigenvalue weighted by Gasteiger charge is 2.28.